The average molecular weight is 358 g/mol. The van der Waals surface area contributed by atoms with E-state index in [0.717, 1.165) is 32.5 Å². The molecule has 1 unspecified atom stereocenters. The quantitative estimate of drug-likeness (QED) is 0.786. The molecule has 3 rings (SSSR count). The standard InChI is InChI=1S/C21H30N2O3/c1-16(2)13-23-14-18(12-20(23)24)21(25)22-10-8-19(9-11-22)26-15-17-6-4-3-5-7-17/h3-7,16,18-19H,8-15H2,1-2H3. The Balaban J connectivity index is 1.43. The minimum atomic E-state index is -0.164. The molecule has 0 bridgehead atoms. The molecule has 1 aromatic carbocycles. The normalized spacial score (nSPS) is 21.7. The lowest BCUT2D eigenvalue weighted by molar-refractivity contribution is -0.138. The van der Waals surface area contributed by atoms with Crippen molar-refractivity contribution in [1.82, 2.24) is 9.80 Å². The molecule has 2 aliphatic heterocycles. The second-order valence-electron chi connectivity index (χ2n) is 7.91. The summed E-state index contributed by atoms with van der Waals surface area (Å²) in [5.74, 6) is 0.539. The maximum Gasteiger partial charge on any atom is 0.227 e. The number of piperidine rings is 1. The van der Waals surface area contributed by atoms with Crippen LogP contribution < -0.4 is 0 Å². The fourth-order valence-electron chi connectivity index (χ4n) is 3.84. The van der Waals surface area contributed by atoms with Crippen molar-refractivity contribution in [3.63, 3.8) is 0 Å². The molecule has 5 nitrogen and oxygen atoms in total. The third-order valence-corrected chi connectivity index (χ3v) is 5.23. The summed E-state index contributed by atoms with van der Waals surface area (Å²) in [6.45, 7) is 7.62. The molecule has 0 aromatic heterocycles. The molecule has 0 spiro atoms. The van der Waals surface area contributed by atoms with Crippen molar-refractivity contribution in [3.8, 4) is 0 Å². The Kier molecular flexibility index (Phi) is 6.30. The first kappa shape index (κ1) is 18.9. The van der Waals surface area contributed by atoms with Crippen LogP contribution in [-0.4, -0.2) is 53.9 Å². The molecule has 0 aliphatic carbocycles. The highest BCUT2D eigenvalue weighted by Crippen LogP contribution is 2.24. The second-order valence-corrected chi connectivity index (χ2v) is 7.91. The van der Waals surface area contributed by atoms with Crippen molar-refractivity contribution in [3.05, 3.63) is 35.9 Å². The van der Waals surface area contributed by atoms with E-state index in [1.165, 1.54) is 5.56 Å². The zero-order valence-corrected chi connectivity index (χ0v) is 15.9. The summed E-state index contributed by atoms with van der Waals surface area (Å²) >= 11 is 0. The van der Waals surface area contributed by atoms with Gasteiger partial charge in [-0.1, -0.05) is 44.2 Å². The van der Waals surface area contributed by atoms with Gasteiger partial charge in [-0.2, -0.15) is 0 Å². The van der Waals surface area contributed by atoms with Gasteiger partial charge in [0, 0.05) is 32.6 Å². The van der Waals surface area contributed by atoms with Crippen LogP contribution in [0, 0.1) is 11.8 Å². The summed E-state index contributed by atoms with van der Waals surface area (Å²) in [5.41, 5.74) is 1.18. The lowest BCUT2D eigenvalue weighted by atomic mass is 10.0. The van der Waals surface area contributed by atoms with Crippen molar-refractivity contribution in [2.75, 3.05) is 26.2 Å². The zero-order valence-electron chi connectivity index (χ0n) is 15.9. The Morgan fingerprint density at radius 3 is 2.54 bits per heavy atom. The molecule has 1 atom stereocenters. The van der Waals surface area contributed by atoms with Gasteiger partial charge < -0.3 is 14.5 Å². The number of benzene rings is 1. The van der Waals surface area contributed by atoms with Gasteiger partial charge in [0.2, 0.25) is 11.8 Å². The van der Waals surface area contributed by atoms with Gasteiger partial charge in [0.15, 0.2) is 0 Å². The van der Waals surface area contributed by atoms with Crippen LogP contribution in [0.2, 0.25) is 0 Å². The molecule has 2 aliphatic rings. The van der Waals surface area contributed by atoms with E-state index in [9.17, 15) is 9.59 Å². The average Bonchev–Trinajstić information content (AvgIpc) is 3.00. The fraction of sp³-hybridized carbons (Fsp3) is 0.619. The van der Waals surface area contributed by atoms with E-state index in [4.69, 9.17) is 4.74 Å². The zero-order chi connectivity index (χ0) is 18.5. The number of likely N-dealkylation sites (tertiary alicyclic amines) is 2. The number of hydrogen-bond acceptors (Lipinski definition) is 3. The van der Waals surface area contributed by atoms with Crippen LogP contribution >= 0.6 is 0 Å². The van der Waals surface area contributed by atoms with E-state index in [2.05, 4.69) is 26.0 Å². The SMILES string of the molecule is CC(C)CN1CC(C(=O)N2CCC(OCc3ccccc3)CC2)CC1=O. The van der Waals surface area contributed by atoms with Gasteiger partial charge in [0.05, 0.1) is 18.6 Å². The topological polar surface area (TPSA) is 49.9 Å². The molecule has 2 saturated heterocycles. The maximum atomic E-state index is 12.8. The highest BCUT2D eigenvalue weighted by atomic mass is 16.5. The van der Waals surface area contributed by atoms with Crippen LogP contribution in [-0.2, 0) is 20.9 Å². The van der Waals surface area contributed by atoms with E-state index in [-0.39, 0.29) is 23.8 Å². The molecule has 0 radical (unpaired) electrons. The smallest absolute Gasteiger partial charge is 0.227 e. The predicted octanol–water partition coefficient (Wildman–Crippen LogP) is 2.70. The van der Waals surface area contributed by atoms with Crippen molar-refractivity contribution < 1.29 is 14.3 Å². The van der Waals surface area contributed by atoms with E-state index >= 15 is 0 Å². The molecule has 2 amide bonds. The van der Waals surface area contributed by atoms with Crippen molar-refractivity contribution in [1.29, 1.82) is 0 Å². The number of carbonyl (C=O) groups is 2. The van der Waals surface area contributed by atoms with Gasteiger partial charge in [-0.3, -0.25) is 9.59 Å². The lowest BCUT2D eigenvalue weighted by Gasteiger charge is -2.33. The Bertz CT molecular complexity index is 609. The highest BCUT2D eigenvalue weighted by Gasteiger charge is 2.37. The molecule has 5 heteroatoms. The summed E-state index contributed by atoms with van der Waals surface area (Å²) in [7, 11) is 0. The Morgan fingerprint density at radius 1 is 1.19 bits per heavy atom. The Morgan fingerprint density at radius 2 is 1.88 bits per heavy atom. The van der Waals surface area contributed by atoms with Crippen LogP contribution in [0.15, 0.2) is 30.3 Å². The monoisotopic (exact) mass is 358 g/mol. The number of carbonyl (C=O) groups excluding carboxylic acids is 2. The third kappa shape index (κ3) is 4.85. The van der Waals surface area contributed by atoms with E-state index in [1.54, 1.807) is 0 Å². The Labute approximate surface area is 156 Å². The molecule has 2 heterocycles. The van der Waals surface area contributed by atoms with Crippen LogP contribution in [0.25, 0.3) is 0 Å². The first-order chi connectivity index (χ1) is 12.5. The summed E-state index contributed by atoms with van der Waals surface area (Å²) in [6.07, 6.45) is 2.32. The number of rotatable bonds is 6. The minimum Gasteiger partial charge on any atom is -0.373 e. The van der Waals surface area contributed by atoms with Gasteiger partial charge in [0.1, 0.15) is 0 Å². The number of nitrogens with zero attached hydrogens (tertiary/aromatic N) is 2. The van der Waals surface area contributed by atoms with Crippen molar-refractivity contribution >= 4 is 11.8 Å². The third-order valence-electron chi connectivity index (χ3n) is 5.23. The van der Waals surface area contributed by atoms with Gasteiger partial charge in [0.25, 0.3) is 0 Å². The first-order valence-electron chi connectivity index (χ1n) is 9.75. The molecular weight excluding hydrogens is 328 g/mol. The second kappa shape index (κ2) is 8.67. The van der Waals surface area contributed by atoms with Gasteiger partial charge in [-0.05, 0) is 24.3 Å². The molecule has 0 saturated carbocycles. The summed E-state index contributed by atoms with van der Waals surface area (Å²) < 4.78 is 6.00. The van der Waals surface area contributed by atoms with Crippen LogP contribution in [0.3, 0.4) is 0 Å². The van der Waals surface area contributed by atoms with Crippen LogP contribution in [0.5, 0.6) is 0 Å². The number of ether oxygens (including phenoxy) is 1. The molecule has 2 fully saturated rings. The van der Waals surface area contributed by atoms with E-state index < -0.39 is 0 Å². The minimum absolute atomic E-state index is 0.123. The molecule has 0 N–H and O–H groups in total. The van der Waals surface area contributed by atoms with E-state index in [0.29, 0.717) is 25.5 Å². The molecule has 142 valence electrons. The van der Waals surface area contributed by atoms with E-state index in [1.807, 2.05) is 28.0 Å². The van der Waals surface area contributed by atoms with Crippen LogP contribution in [0.4, 0.5) is 0 Å². The largest absolute Gasteiger partial charge is 0.373 e. The molecule has 1 aromatic rings. The van der Waals surface area contributed by atoms with Gasteiger partial charge >= 0.3 is 0 Å². The first-order valence-corrected chi connectivity index (χ1v) is 9.75. The molecular formula is C21H30N2O3. The van der Waals surface area contributed by atoms with Gasteiger partial charge in [-0.15, -0.1) is 0 Å². The summed E-state index contributed by atoms with van der Waals surface area (Å²) in [6, 6.07) is 10.2. The predicted molar refractivity (Wildman–Crippen MR) is 100 cm³/mol. The van der Waals surface area contributed by atoms with Crippen LogP contribution in [0.1, 0.15) is 38.7 Å². The number of hydrogen-bond donors (Lipinski definition) is 0. The summed E-state index contributed by atoms with van der Waals surface area (Å²) in [5, 5.41) is 0. The Hall–Kier alpha value is -1.88. The number of amides is 2. The van der Waals surface area contributed by atoms with Gasteiger partial charge in [-0.25, -0.2) is 0 Å². The summed E-state index contributed by atoms with van der Waals surface area (Å²) in [4.78, 5) is 28.7. The lowest BCUT2D eigenvalue weighted by Crippen LogP contribution is -2.44. The van der Waals surface area contributed by atoms with Crippen molar-refractivity contribution in [2.45, 2.75) is 45.8 Å². The fourth-order valence-corrected chi connectivity index (χ4v) is 3.84. The maximum absolute atomic E-state index is 12.8. The highest BCUT2D eigenvalue weighted by molar-refractivity contribution is 5.89. The van der Waals surface area contributed by atoms with Crippen molar-refractivity contribution in [2.24, 2.45) is 11.8 Å². The molecule has 26 heavy (non-hydrogen) atoms.